The summed E-state index contributed by atoms with van der Waals surface area (Å²) >= 11 is 11.9. The van der Waals surface area contributed by atoms with Gasteiger partial charge in [0.2, 0.25) is 0 Å². The van der Waals surface area contributed by atoms with Gasteiger partial charge in [-0.2, -0.15) is 0 Å². The average molecular weight is 314 g/mol. The molecule has 108 valence electrons. The lowest BCUT2D eigenvalue weighted by Crippen LogP contribution is -2.25. The summed E-state index contributed by atoms with van der Waals surface area (Å²) in [6.45, 7) is 2.11. The van der Waals surface area contributed by atoms with Crippen LogP contribution in [0.5, 0.6) is 5.75 Å². The first-order chi connectivity index (χ1) is 9.56. The van der Waals surface area contributed by atoms with Crippen molar-refractivity contribution in [2.75, 3.05) is 20.2 Å². The number of imidazole rings is 1. The van der Waals surface area contributed by atoms with Gasteiger partial charge in [-0.15, -0.1) is 0 Å². The Balaban J connectivity index is 1.78. The first-order valence-corrected chi connectivity index (χ1v) is 7.05. The van der Waals surface area contributed by atoms with Crippen molar-refractivity contribution in [1.29, 1.82) is 0 Å². The maximum atomic E-state index is 5.96. The van der Waals surface area contributed by atoms with Crippen LogP contribution in [0.25, 0.3) is 0 Å². The van der Waals surface area contributed by atoms with Gasteiger partial charge in [0.25, 0.3) is 0 Å². The molecule has 0 aliphatic heterocycles. The molecule has 4 nitrogen and oxygen atoms in total. The third-order valence-corrected chi connectivity index (χ3v) is 3.56. The molecule has 0 saturated carbocycles. The van der Waals surface area contributed by atoms with E-state index in [4.69, 9.17) is 27.9 Å². The molecule has 0 aliphatic carbocycles. The van der Waals surface area contributed by atoms with E-state index in [1.807, 2.05) is 36.9 Å². The molecule has 0 amide bonds. The van der Waals surface area contributed by atoms with Crippen molar-refractivity contribution >= 4 is 23.2 Å². The van der Waals surface area contributed by atoms with E-state index in [1.54, 1.807) is 12.3 Å². The molecule has 6 heteroatoms. The second-order valence-electron chi connectivity index (χ2n) is 4.60. The highest BCUT2D eigenvalue weighted by Crippen LogP contribution is 2.17. The molecule has 0 saturated heterocycles. The molecule has 1 aromatic heterocycles. The van der Waals surface area contributed by atoms with Gasteiger partial charge in [-0.1, -0.05) is 29.3 Å². The van der Waals surface area contributed by atoms with Gasteiger partial charge in [0, 0.05) is 18.6 Å². The minimum absolute atomic E-state index is 0.592. The summed E-state index contributed by atoms with van der Waals surface area (Å²) in [5, 5.41) is 1.32. The Morgan fingerprint density at radius 3 is 2.80 bits per heavy atom. The van der Waals surface area contributed by atoms with Crippen molar-refractivity contribution in [1.82, 2.24) is 14.5 Å². The molecule has 1 aromatic carbocycles. The minimum atomic E-state index is 0.592. The van der Waals surface area contributed by atoms with Crippen LogP contribution in [0.4, 0.5) is 0 Å². The highest BCUT2D eigenvalue weighted by molar-refractivity contribution is 6.30. The molecule has 0 spiro atoms. The predicted molar refractivity (Wildman–Crippen MR) is 81.5 cm³/mol. The summed E-state index contributed by atoms with van der Waals surface area (Å²) in [7, 11) is 3.92. The number of likely N-dealkylation sites (N-methyl/N-ethyl adjacent to an activating group) is 1. The molecule has 2 aromatic rings. The van der Waals surface area contributed by atoms with Crippen LogP contribution in [0.2, 0.25) is 10.2 Å². The van der Waals surface area contributed by atoms with E-state index < -0.39 is 0 Å². The van der Waals surface area contributed by atoms with E-state index in [0.29, 0.717) is 16.8 Å². The third kappa shape index (κ3) is 4.13. The number of halogens is 2. The van der Waals surface area contributed by atoms with Gasteiger partial charge < -0.3 is 9.30 Å². The van der Waals surface area contributed by atoms with Crippen LogP contribution in [-0.4, -0.2) is 34.7 Å². The molecule has 1 heterocycles. The smallest absolute Gasteiger partial charge is 0.128 e. The number of rotatable bonds is 6. The predicted octanol–water partition coefficient (Wildman–Crippen LogP) is 3.24. The highest BCUT2D eigenvalue weighted by atomic mass is 35.5. The number of aromatic nitrogens is 2. The Bertz CT molecular complexity index is 571. The molecule has 0 bridgehead atoms. The van der Waals surface area contributed by atoms with Crippen LogP contribution >= 0.6 is 23.2 Å². The average Bonchev–Trinajstić information content (AvgIpc) is 2.71. The maximum Gasteiger partial charge on any atom is 0.128 e. The van der Waals surface area contributed by atoms with E-state index >= 15 is 0 Å². The zero-order valence-corrected chi connectivity index (χ0v) is 13.0. The molecule has 0 aliphatic rings. The maximum absolute atomic E-state index is 5.96. The summed E-state index contributed by atoms with van der Waals surface area (Å²) in [5.41, 5.74) is 0. The second kappa shape index (κ2) is 6.97. The summed E-state index contributed by atoms with van der Waals surface area (Å²) in [6.07, 6.45) is 1.66. The van der Waals surface area contributed by atoms with E-state index in [1.165, 1.54) is 0 Å². The summed E-state index contributed by atoms with van der Waals surface area (Å²) < 4.78 is 7.52. The Labute approximate surface area is 128 Å². The molecular formula is C14H17Cl2N3O. The van der Waals surface area contributed by atoms with Gasteiger partial charge in [-0.05, 0) is 25.2 Å². The molecule has 0 unspecified atom stereocenters. The lowest BCUT2D eigenvalue weighted by molar-refractivity contribution is 0.228. The number of ether oxygens (including phenoxy) is 1. The zero-order valence-electron chi connectivity index (χ0n) is 11.5. The summed E-state index contributed by atoms with van der Waals surface area (Å²) in [6, 6.07) is 7.40. The van der Waals surface area contributed by atoms with Gasteiger partial charge in [0.15, 0.2) is 0 Å². The molecule has 2 rings (SSSR count). The van der Waals surface area contributed by atoms with Crippen molar-refractivity contribution in [3.8, 4) is 5.75 Å². The van der Waals surface area contributed by atoms with Crippen LogP contribution in [0.15, 0.2) is 30.5 Å². The molecular weight excluding hydrogens is 297 g/mol. The SMILES string of the molecule is CN(CCOc1cccc(Cl)c1)Cc1ncc(Cl)n1C. The summed E-state index contributed by atoms with van der Waals surface area (Å²) in [4.78, 5) is 6.39. The fourth-order valence-electron chi connectivity index (χ4n) is 1.77. The van der Waals surface area contributed by atoms with Crippen LogP contribution in [0.3, 0.4) is 0 Å². The fraction of sp³-hybridized carbons (Fsp3) is 0.357. The lowest BCUT2D eigenvalue weighted by Gasteiger charge is -2.16. The van der Waals surface area contributed by atoms with Crippen LogP contribution < -0.4 is 4.74 Å². The van der Waals surface area contributed by atoms with Crippen molar-refractivity contribution in [3.63, 3.8) is 0 Å². The first kappa shape index (κ1) is 15.2. The largest absolute Gasteiger partial charge is 0.492 e. The molecule has 20 heavy (non-hydrogen) atoms. The van der Waals surface area contributed by atoms with Gasteiger partial charge in [-0.3, -0.25) is 4.90 Å². The van der Waals surface area contributed by atoms with E-state index in [-0.39, 0.29) is 0 Å². The lowest BCUT2D eigenvalue weighted by atomic mass is 10.3. The fourth-order valence-corrected chi connectivity index (χ4v) is 2.09. The van der Waals surface area contributed by atoms with Crippen molar-refractivity contribution < 1.29 is 4.74 Å². The quantitative estimate of drug-likeness (QED) is 0.820. The second-order valence-corrected chi connectivity index (χ2v) is 5.42. The third-order valence-electron chi connectivity index (χ3n) is 2.98. The van der Waals surface area contributed by atoms with Crippen LogP contribution in [-0.2, 0) is 13.6 Å². The molecule has 0 fully saturated rings. The van der Waals surface area contributed by atoms with Crippen LogP contribution in [0.1, 0.15) is 5.82 Å². The molecule has 0 N–H and O–H groups in total. The van der Waals surface area contributed by atoms with Crippen molar-refractivity contribution in [2.24, 2.45) is 7.05 Å². The zero-order chi connectivity index (χ0) is 14.5. The van der Waals surface area contributed by atoms with Gasteiger partial charge in [0.1, 0.15) is 23.3 Å². The first-order valence-electron chi connectivity index (χ1n) is 6.29. The van der Waals surface area contributed by atoms with E-state index in [9.17, 15) is 0 Å². The normalized spacial score (nSPS) is 11.1. The molecule has 0 atom stereocenters. The van der Waals surface area contributed by atoms with Crippen molar-refractivity contribution in [3.05, 3.63) is 46.5 Å². The Morgan fingerprint density at radius 1 is 1.35 bits per heavy atom. The number of nitrogens with zero attached hydrogens (tertiary/aromatic N) is 3. The number of hydrogen-bond donors (Lipinski definition) is 0. The standard InChI is InChI=1S/C14H17Cl2N3O/c1-18(10-14-17-9-13(16)19(14)2)6-7-20-12-5-3-4-11(15)8-12/h3-5,8-9H,6-7,10H2,1-2H3. The topological polar surface area (TPSA) is 30.3 Å². The van der Waals surface area contributed by atoms with Crippen LogP contribution in [0, 0.1) is 0 Å². The summed E-state index contributed by atoms with van der Waals surface area (Å²) in [5.74, 6) is 1.71. The monoisotopic (exact) mass is 313 g/mol. The van der Waals surface area contributed by atoms with Gasteiger partial charge in [0.05, 0.1) is 12.7 Å². The minimum Gasteiger partial charge on any atom is -0.492 e. The number of benzene rings is 1. The van der Waals surface area contributed by atoms with E-state index in [0.717, 1.165) is 24.7 Å². The van der Waals surface area contributed by atoms with E-state index in [2.05, 4.69) is 9.88 Å². The van der Waals surface area contributed by atoms with Gasteiger partial charge >= 0.3 is 0 Å². The Morgan fingerprint density at radius 2 is 2.15 bits per heavy atom. The Kier molecular flexibility index (Phi) is 5.29. The number of hydrogen-bond acceptors (Lipinski definition) is 3. The molecule has 0 radical (unpaired) electrons. The Hall–Kier alpha value is -1.23. The van der Waals surface area contributed by atoms with Crippen molar-refractivity contribution in [2.45, 2.75) is 6.54 Å². The highest BCUT2D eigenvalue weighted by Gasteiger charge is 2.07. The van der Waals surface area contributed by atoms with Gasteiger partial charge in [-0.25, -0.2) is 4.98 Å².